The van der Waals surface area contributed by atoms with Crippen LogP contribution in [0.4, 0.5) is 5.69 Å². The molecule has 1 atom stereocenters. The summed E-state index contributed by atoms with van der Waals surface area (Å²) in [6.07, 6.45) is 1.51. The van der Waals surface area contributed by atoms with Crippen molar-refractivity contribution in [1.82, 2.24) is 20.9 Å². The third-order valence-corrected chi connectivity index (χ3v) is 5.37. The number of fused-ring (bicyclic) bond motifs is 1. The molecule has 1 aromatic heterocycles. The molecule has 1 heterocycles. The highest BCUT2D eigenvalue weighted by atomic mass is 16.2. The summed E-state index contributed by atoms with van der Waals surface area (Å²) in [6, 6.07) is 21.7. The maximum Gasteiger partial charge on any atom is 0.272 e. The lowest BCUT2D eigenvalue weighted by atomic mass is 10.0. The fraction of sp³-hybridized carbons (Fsp3) is 0.115. The SMILES string of the molecule is CN(C)c1ccc(C=NNC(=O)C(NC(=O)c2ccccc2)c2n[nH]c(=O)c3ccccc23)cc1. The van der Waals surface area contributed by atoms with Crippen LogP contribution in [0.2, 0.25) is 0 Å². The Balaban J connectivity index is 1.62. The first kappa shape index (κ1) is 23.4. The van der Waals surface area contributed by atoms with Gasteiger partial charge in [0.25, 0.3) is 17.4 Å². The number of H-pyrrole nitrogens is 1. The zero-order chi connectivity index (χ0) is 24.8. The van der Waals surface area contributed by atoms with Crippen molar-refractivity contribution in [3.8, 4) is 0 Å². The van der Waals surface area contributed by atoms with Crippen LogP contribution in [0.15, 0.2) is 88.8 Å². The average molecular weight is 469 g/mol. The van der Waals surface area contributed by atoms with E-state index in [1.54, 1.807) is 54.6 Å². The van der Waals surface area contributed by atoms with Crippen LogP contribution in [0.5, 0.6) is 0 Å². The van der Waals surface area contributed by atoms with Crippen molar-refractivity contribution in [2.75, 3.05) is 19.0 Å². The highest BCUT2D eigenvalue weighted by molar-refractivity contribution is 5.99. The van der Waals surface area contributed by atoms with E-state index >= 15 is 0 Å². The molecule has 0 bridgehead atoms. The highest BCUT2D eigenvalue weighted by Crippen LogP contribution is 2.20. The summed E-state index contributed by atoms with van der Waals surface area (Å²) in [6.45, 7) is 0. The Bertz CT molecular complexity index is 1430. The zero-order valence-electron chi connectivity index (χ0n) is 19.2. The summed E-state index contributed by atoms with van der Waals surface area (Å²) in [5.41, 5.74) is 4.48. The summed E-state index contributed by atoms with van der Waals surface area (Å²) in [5.74, 6) is -1.08. The molecule has 3 aromatic carbocycles. The molecule has 2 amide bonds. The van der Waals surface area contributed by atoms with E-state index in [-0.39, 0.29) is 5.69 Å². The maximum absolute atomic E-state index is 13.2. The van der Waals surface area contributed by atoms with Crippen LogP contribution in [0.1, 0.15) is 27.7 Å². The van der Waals surface area contributed by atoms with Gasteiger partial charge in [-0.25, -0.2) is 10.5 Å². The number of aromatic nitrogens is 2. The Hall–Kier alpha value is -4.79. The summed E-state index contributed by atoms with van der Waals surface area (Å²) in [4.78, 5) is 40.3. The normalized spacial score (nSPS) is 11.8. The first-order valence-corrected chi connectivity index (χ1v) is 10.9. The molecule has 4 aromatic rings. The molecule has 0 spiro atoms. The van der Waals surface area contributed by atoms with Crippen LogP contribution >= 0.6 is 0 Å². The molecule has 0 saturated heterocycles. The van der Waals surface area contributed by atoms with E-state index in [4.69, 9.17) is 0 Å². The second kappa shape index (κ2) is 10.4. The minimum absolute atomic E-state index is 0.201. The predicted molar refractivity (Wildman–Crippen MR) is 136 cm³/mol. The molecular weight excluding hydrogens is 444 g/mol. The van der Waals surface area contributed by atoms with Crippen molar-refractivity contribution in [2.24, 2.45) is 5.10 Å². The molecule has 1 unspecified atom stereocenters. The first-order chi connectivity index (χ1) is 16.9. The van der Waals surface area contributed by atoms with E-state index in [0.29, 0.717) is 16.3 Å². The van der Waals surface area contributed by atoms with Gasteiger partial charge in [-0.2, -0.15) is 10.2 Å². The topological polar surface area (TPSA) is 120 Å². The summed E-state index contributed by atoms with van der Waals surface area (Å²) < 4.78 is 0. The molecular formula is C26H24N6O3. The molecule has 0 fully saturated rings. The Morgan fingerprint density at radius 2 is 1.60 bits per heavy atom. The smallest absolute Gasteiger partial charge is 0.272 e. The van der Waals surface area contributed by atoms with Gasteiger partial charge in [0.2, 0.25) is 0 Å². The van der Waals surface area contributed by atoms with Crippen LogP contribution in [0.3, 0.4) is 0 Å². The van der Waals surface area contributed by atoms with Gasteiger partial charge in [-0.1, -0.05) is 48.5 Å². The largest absolute Gasteiger partial charge is 0.378 e. The van der Waals surface area contributed by atoms with Crippen LogP contribution < -0.4 is 21.2 Å². The fourth-order valence-corrected chi connectivity index (χ4v) is 3.51. The molecule has 9 heteroatoms. The van der Waals surface area contributed by atoms with Crippen molar-refractivity contribution in [3.05, 3.63) is 106 Å². The highest BCUT2D eigenvalue weighted by Gasteiger charge is 2.27. The van der Waals surface area contributed by atoms with E-state index in [2.05, 4.69) is 26.0 Å². The minimum atomic E-state index is -1.21. The molecule has 0 aliphatic carbocycles. The van der Waals surface area contributed by atoms with Crippen molar-refractivity contribution in [1.29, 1.82) is 0 Å². The summed E-state index contributed by atoms with van der Waals surface area (Å²) >= 11 is 0. The minimum Gasteiger partial charge on any atom is -0.378 e. The van der Waals surface area contributed by atoms with Gasteiger partial charge in [-0.15, -0.1) is 0 Å². The predicted octanol–water partition coefficient (Wildman–Crippen LogP) is 2.61. The molecule has 0 aliphatic heterocycles. The number of rotatable bonds is 7. The third-order valence-electron chi connectivity index (χ3n) is 5.37. The number of carbonyl (C=O) groups excluding carboxylic acids is 2. The maximum atomic E-state index is 13.2. The van der Waals surface area contributed by atoms with E-state index in [1.807, 2.05) is 43.3 Å². The van der Waals surface area contributed by atoms with Gasteiger partial charge in [0.15, 0.2) is 6.04 Å². The summed E-state index contributed by atoms with van der Waals surface area (Å²) in [5, 5.41) is 14.1. The van der Waals surface area contributed by atoms with Gasteiger partial charge < -0.3 is 10.2 Å². The lowest BCUT2D eigenvalue weighted by Crippen LogP contribution is -2.40. The number of nitrogens with zero attached hydrogens (tertiary/aromatic N) is 3. The second-order valence-corrected chi connectivity index (χ2v) is 7.98. The number of aromatic amines is 1. The van der Waals surface area contributed by atoms with E-state index in [0.717, 1.165) is 11.3 Å². The molecule has 35 heavy (non-hydrogen) atoms. The van der Waals surface area contributed by atoms with Crippen molar-refractivity contribution < 1.29 is 9.59 Å². The van der Waals surface area contributed by atoms with Gasteiger partial charge in [-0.3, -0.25) is 14.4 Å². The molecule has 4 rings (SSSR count). The standard InChI is InChI=1S/C26H24N6O3/c1-32(2)19-14-12-17(13-15-19)16-27-30-26(35)23(28-24(33)18-8-4-3-5-9-18)22-20-10-6-7-11-21(20)25(34)31-29-22/h3-16,23H,1-2H3,(H,28,33)(H,30,35)(H,31,34). The van der Waals surface area contributed by atoms with Crippen LogP contribution in [-0.2, 0) is 4.79 Å². The second-order valence-electron chi connectivity index (χ2n) is 7.98. The van der Waals surface area contributed by atoms with Gasteiger partial charge in [0.1, 0.15) is 5.69 Å². The third kappa shape index (κ3) is 5.41. The number of carbonyl (C=O) groups is 2. The number of hydrogen-bond acceptors (Lipinski definition) is 6. The van der Waals surface area contributed by atoms with Crippen LogP contribution in [0, 0.1) is 0 Å². The van der Waals surface area contributed by atoms with Crippen molar-refractivity contribution in [3.63, 3.8) is 0 Å². The Morgan fingerprint density at radius 3 is 2.29 bits per heavy atom. The molecule has 0 radical (unpaired) electrons. The number of benzene rings is 3. The monoisotopic (exact) mass is 468 g/mol. The van der Waals surface area contributed by atoms with Gasteiger partial charge in [-0.05, 0) is 35.9 Å². The average Bonchev–Trinajstić information content (AvgIpc) is 2.88. The Morgan fingerprint density at radius 1 is 0.943 bits per heavy atom. The van der Waals surface area contributed by atoms with E-state index in [9.17, 15) is 14.4 Å². The molecule has 0 saturated carbocycles. The molecule has 0 aliphatic rings. The molecule has 176 valence electrons. The first-order valence-electron chi connectivity index (χ1n) is 10.9. The lowest BCUT2D eigenvalue weighted by molar-refractivity contribution is -0.123. The van der Waals surface area contributed by atoms with Gasteiger partial charge >= 0.3 is 0 Å². The van der Waals surface area contributed by atoms with Gasteiger partial charge in [0, 0.05) is 30.7 Å². The fourth-order valence-electron chi connectivity index (χ4n) is 3.51. The Labute approximate surface area is 201 Å². The number of nitrogens with one attached hydrogen (secondary N) is 3. The Kier molecular flexibility index (Phi) is 6.96. The van der Waals surface area contributed by atoms with Crippen molar-refractivity contribution >= 4 is 34.5 Å². The summed E-state index contributed by atoms with van der Waals surface area (Å²) in [7, 11) is 3.89. The number of amides is 2. The van der Waals surface area contributed by atoms with E-state index < -0.39 is 23.4 Å². The van der Waals surface area contributed by atoms with Crippen LogP contribution in [0.25, 0.3) is 10.8 Å². The molecule has 3 N–H and O–H groups in total. The van der Waals surface area contributed by atoms with E-state index in [1.165, 1.54) is 6.21 Å². The van der Waals surface area contributed by atoms with Gasteiger partial charge in [0.05, 0.1) is 11.6 Å². The molecule has 9 nitrogen and oxygen atoms in total. The number of hydrazone groups is 1. The number of hydrogen-bond donors (Lipinski definition) is 3. The van der Waals surface area contributed by atoms with Crippen molar-refractivity contribution in [2.45, 2.75) is 6.04 Å². The quantitative estimate of drug-likeness (QED) is 0.285. The van der Waals surface area contributed by atoms with Crippen LogP contribution in [-0.4, -0.2) is 42.3 Å². The number of anilines is 1. The zero-order valence-corrected chi connectivity index (χ0v) is 19.2. The lowest BCUT2D eigenvalue weighted by Gasteiger charge is -2.18.